The molecule has 0 N–H and O–H groups in total. The number of para-hydroxylation sites is 3. The molecule has 21 heavy (non-hydrogen) atoms. The van der Waals surface area contributed by atoms with Gasteiger partial charge in [0.15, 0.2) is 0 Å². The summed E-state index contributed by atoms with van der Waals surface area (Å²) in [6, 6.07) is 18.2. The molecule has 0 radical (unpaired) electrons. The predicted octanol–water partition coefficient (Wildman–Crippen LogP) is 4.31. The number of nitrogens with zero attached hydrogens (tertiary/aromatic N) is 3. The van der Waals surface area contributed by atoms with E-state index in [2.05, 4.69) is 11.1 Å². The minimum atomic E-state index is 0.416. The Morgan fingerprint density at radius 1 is 0.952 bits per heavy atom. The van der Waals surface area contributed by atoms with Gasteiger partial charge < -0.3 is 0 Å². The van der Waals surface area contributed by atoms with Crippen LogP contribution in [0.4, 0.5) is 0 Å². The minimum absolute atomic E-state index is 0.416. The molecule has 2 heterocycles. The molecule has 0 spiro atoms. The van der Waals surface area contributed by atoms with Gasteiger partial charge in [-0.15, -0.1) is 11.6 Å². The van der Waals surface area contributed by atoms with Crippen molar-refractivity contribution in [2.45, 2.75) is 5.88 Å². The van der Waals surface area contributed by atoms with Crippen LogP contribution in [0.2, 0.25) is 0 Å². The van der Waals surface area contributed by atoms with Crippen molar-refractivity contribution in [1.29, 1.82) is 0 Å². The second-order valence-electron chi connectivity index (χ2n) is 4.90. The van der Waals surface area contributed by atoms with E-state index >= 15 is 0 Å². The van der Waals surface area contributed by atoms with Crippen molar-refractivity contribution in [1.82, 2.24) is 14.5 Å². The summed E-state index contributed by atoms with van der Waals surface area (Å²) >= 11 is 6.13. The third-order valence-electron chi connectivity index (χ3n) is 3.61. The Morgan fingerprint density at radius 2 is 1.71 bits per heavy atom. The number of fused-ring (bicyclic) bond motifs is 2. The van der Waals surface area contributed by atoms with Crippen molar-refractivity contribution in [2.75, 3.05) is 0 Å². The second-order valence-corrected chi connectivity index (χ2v) is 5.17. The van der Waals surface area contributed by atoms with E-state index < -0.39 is 0 Å². The summed E-state index contributed by atoms with van der Waals surface area (Å²) in [4.78, 5) is 9.21. The fourth-order valence-corrected chi connectivity index (χ4v) is 2.78. The van der Waals surface area contributed by atoms with Crippen LogP contribution >= 0.6 is 11.6 Å². The van der Waals surface area contributed by atoms with Crippen LogP contribution in [-0.4, -0.2) is 14.5 Å². The Hall–Kier alpha value is -2.39. The van der Waals surface area contributed by atoms with Crippen molar-refractivity contribution in [2.24, 2.45) is 0 Å². The van der Waals surface area contributed by atoms with Gasteiger partial charge >= 0.3 is 0 Å². The Balaban J connectivity index is 2.04. The maximum atomic E-state index is 6.13. The Kier molecular flexibility index (Phi) is 2.86. The van der Waals surface area contributed by atoms with Crippen LogP contribution in [-0.2, 0) is 5.88 Å². The maximum absolute atomic E-state index is 6.13. The van der Waals surface area contributed by atoms with E-state index in [9.17, 15) is 0 Å². The van der Waals surface area contributed by atoms with Gasteiger partial charge in [0, 0.05) is 10.9 Å². The number of hydrogen-bond acceptors (Lipinski definition) is 2. The Morgan fingerprint density at radius 3 is 2.57 bits per heavy atom. The first kappa shape index (κ1) is 12.4. The molecule has 102 valence electrons. The Labute approximate surface area is 126 Å². The molecule has 4 heteroatoms. The van der Waals surface area contributed by atoms with E-state index in [1.54, 1.807) is 6.33 Å². The van der Waals surface area contributed by atoms with E-state index in [4.69, 9.17) is 16.6 Å². The first-order valence-electron chi connectivity index (χ1n) is 6.74. The number of imidazole rings is 1. The summed E-state index contributed by atoms with van der Waals surface area (Å²) in [7, 11) is 0. The van der Waals surface area contributed by atoms with E-state index in [0.29, 0.717) is 5.88 Å². The molecule has 4 rings (SSSR count). The molecule has 0 unspecified atom stereocenters. The smallest absolute Gasteiger partial charge is 0.143 e. The second kappa shape index (κ2) is 4.86. The van der Waals surface area contributed by atoms with Crippen molar-refractivity contribution in [3.63, 3.8) is 0 Å². The summed E-state index contributed by atoms with van der Waals surface area (Å²) in [6.45, 7) is 0. The molecular formula is C17H12ClN3. The summed E-state index contributed by atoms with van der Waals surface area (Å²) in [5, 5.41) is 1.10. The molecule has 0 aliphatic rings. The third-order valence-corrected chi connectivity index (χ3v) is 3.89. The molecule has 0 saturated heterocycles. The fourth-order valence-electron chi connectivity index (χ4n) is 2.58. The third kappa shape index (κ3) is 1.98. The van der Waals surface area contributed by atoms with Crippen molar-refractivity contribution >= 4 is 33.5 Å². The lowest BCUT2D eigenvalue weighted by molar-refractivity contribution is 1.01. The predicted molar refractivity (Wildman–Crippen MR) is 85.9 cm³/mol. The summed E-state index contributed by atoms with van der Waals surface area (Å²) < 4.78 is 2.00. The Bertz CT molecular complexity index is 943. The van der Waals surface area contributed by atoms with Crippen molar-refractivity contribution in [3.05, 3.63) is 66.5 Å². The van der Waals surface area contributed by atoms with Gasteiger partial charge in [0.2, 0.25) is 0 Å². The quantitative estimate of drug-likeness (QED) is 0.516. The lowest BCUT2D eigenvalue weighted by atomic mass is 10.1. The minimum Gasteiger partial charge on any atom is -0.283 e. The first-order chi connectivity index (χ1) is 10.4. The molecule has 0 aliphatic carbocycles. The van der Waals surface area contributed by atoms with Crippen LogP contribution in [0, 0.1) is 0 Å². The summed E-state index contributed by atoms with van der Waals surface area (Å²) in [6.07, 6.45) is 1.80. The monoisotopic (exact) mass is 293 g/mol. The number of hydrogen-bond donors (Lipinski definition) is 0. The topological polar surface area (TPSA) is 30.7 Å². The van der Waals surface area contributed by atoms with E-state index in [1.807, 2.05) is 53.1 Å². The zero-order chi connectivity index (χ0) is 14.2. The summed E-state index contributed by atoms with van der Waals surface area (Å²) in [5.74, 6) is 1.26. The highest BCUT2D eigenvalue weighted by Crippen LogP contribution is 2.24. The molecule has 2 aromatic carbocycles. The normalized spacial score (nSPS) is 11.3. The molecule has 4 aromatic rings. The zero-order valence-electron chi connectivity index (χ0n) is 11.2. The molecule has 0 amide bonds. The van der Waals surface area contributed by atoms with Gasteiger partial charge in [0.05, 0.1) is 22.4 Å². The van der Waals surface area contributed by atoms with Crippen LogP contribution < -0.4 is 0 Å². The van der Waals surface area contributed by atoms with Gasteiger partial charge in [-0.25, -0.2) is 9.97 Å². The lowest BCUT2D eigenvalue weighted by Gasteiger charge is -2.10. The first-order valence-corrected chi connectivity index (χ1v) is 7.27. The van der Waals surface area contributed by atoms with E-state index in [-0.39, 0.29) is 0 Å². The van der Waals surface area contributed by atoms with Crippen LogP contribution in [0.1, 0.15) is 5.56 Å². The molecule has 3 nitrogen and oxygen atoms in total. The average Bonchev–Trinajstić information content (AvgIpc) is 2.97. The number of halogens is 1. The van der Waals surface area contributed by atoms with Crippen LogP contribution in [0.15, 0.2) is 60.9 Å². The SMILES string of the molecule is ClCc1cc2ccccc2nc1-n1cnc2ccccc21. The highest BCUT2D eigenvalue weighted by Gasteiger charge is 2.11. The molecule has 0 fully saturated rings. The molecular weight excluding hydrogens is 282 g/mol. The van der Waals surface area contributed by atoms with Gasteiger partial charge in [-0.3, -0.25) is 4.57 Å². The number of rotatable bonds is 2. The van der Waals surface area contributed by atoms with Gasteiger partial charge in [-0.05, 0) is 24.3 Å². The molecule has 0 aliphatic heterocycles. The fraction of sp³-hybridized carbons (Fsp3) is 0.0588. The highest BCUT2D eigenvalue weighted by molar-refractivity contribution is 6.17. The molecule has 0 atom stereocenters. The summed E-state index contributed by atoms with van der Waals surface area (Å²) in [5.41, 5.74) is 3.94. The van der Waals surface area contributed by atoms with Crippen LogP contribution in [0.5, 0.6) is 0 Å². The van der Waals surface area contributed by atoms with Gasteiger partial charge in [-0.1, -0.05) is 30.3 Å². The number of alkyl halides is 1. The zero-order valence-corrected chi connectivity index (χ0v) is 12.0. The number of pyridine rings is 1. The van der Waals surface area contributed by atoms with Gasteiger partial charge in [-0.2, -0.15) is 0 Å². The standard InChI is InChI=1S/C17H12ClN3/c18-10-13-9-12-5-1-2-6-14(12)20-17(13)21-11-19-15-7-3-4-8-16(15)21/h1-9,11H,10H2. The molecule has 0 saturated carbocycles. The lowest BCUT2D eigenvalue weighted by Crippen LogP contribution is -2.01. The average molecular weight is 294 g/mol. The van der Waals surface area contributed by atoms with E-state index in [1.165, 1.54) is 0 Å². The number of aromatic nitrogens is 3. The molecule has 0 bridgehead atoms. The van der Waals surface area contributed by atoms with Crippen LogP contribution in [0.25, 0.3) is 27.8 Å². The largest absolute Gasteiger partial charge is 0.283 e. The van der Waals surface area contributed by atoms with Crippen LogP contribution in [0.3, 0.4) is 0 Å². The van der Waals surface area contributed by atoms with Crippen molar-refractivity contribution in [3.8, 4) is 5.82 Å². The maximum Gasteiger partial charge on any atom is 0.143 e. The van der Waals surface area contributed by atoms with Crippen molar-refractivity contribution < 1.29 is 0 Å². The van der Waals surface area contributed by atoms with Gasteiger partial charge in [0.25, 0.3) is 0 Å². The number of benzene rings is 2. The van der Waals surface area contributed by atoms with E-state index in [0.717, 1.165) is 33.3 Å². The highest BCUT2D eigenvalue weighted by atomic mass is 35.5. The molecule has 2 aromatic heterocycles. The van der Waals surface area contributed by atoms with Gasteiger partial charge in [0.1, 0.15) is 12.1 Å².